The molecule has 0 saturated carbocycles. The first-order valence-electron chi connectivity index (χ1n) is 8.77. The predicted octanol–water partition coefficient (Wildman–Crippen LogP) is 2.38. The van der Waals surface area contributed by atoms with E-state index in [2.05, 4.69) is 5.32 Å². The third kappa shape index (κ3) is 4.94. The molecule has 0 aliphatic carbocycles. The number of hydrogen-bond donors (Lipinski definition) is 1. The molecule has 0 aromatic heterocycles. The minimum Gasteiger partial charge on any atom is -0.486 e. The van der Waals surface area contributed by atoms with E-state index in [9.17, 15) is 22.0 Å². The zero-order chi connectivity index (χ0) is 21.2. The summed E-state index contributed by atoms with van der Waals surface area (Å²) in [6.07, 6.45) is 0.881. The molecule has 0 saturated heterocycles. The first kappa shape index (κ1) is 20.8. The van der Waals surface area contributed by atoms with Crippen molar-refractivity contribution >= 4 is 21.6 Å². The normalized spacial score (nSPS) is 14.2. The third-order valence-electron chi connectivity index (χ3n) is 4.32. The van der Waals surface area contributed by atoms with E-state index in [1.165, 1.54) is 0 Å². The summed E-state index contributed by atoms with van der Waals surface area (Å²) in [7, 11) is -3.91. The van der Waals surface area contributed by atoms with Crippen molar-refractivity contribution in [1.82, 2.24) is 5.32 Å². The molecular weight excluding hydrogens is 406 g/mol. The van der Waals surface area contributed by atoms with Crippen LogP contribution in [0.3, 0.4) is 0 Å². The number of ether oxygens (including phenoxy) is 2. The number of hydrogen-bond acceptors (Lipinski definition) is 5. The third-order valence-corrected chi connectivity index (χ3v) is 5.46. The molecule has 3 rings (SSSR count). The highest BCUT2D eigenvalue weighted by Crippen LogP contribution is 2.32. The van der Waals surface area contributed by atoms with Crippen LogP contribution in [0, 0.1) is 11.6 Å². The Hall–Kier alpha value is -2.88. The Morgan fingerprint density at radius 1 is 1.10 bits per heavy atom. The van der Waals surface area contributed by atoms with Gasteiger partial charge in [0.15, 0.2) is 23.1 Å². The number of nitrogens with one attached hydrogen (secondary N) is 1. The number of halogens is 2. The van der Waals surface area contributed by atoms with E-state index in [1.54, 1.807) is 25.1 Å². The molecule has 1 N–H and O–H groups in total. The lowest BCUT2D eigenvalue weighted by atomic mass is 10.1. The lowest BCUT2D eigenvalue weighted by molar-refractivity contribution is -0.120. The molecule has 0 spiro atoms. The van der Waals surface area contributed by atoms with Crippen LogP contribution in [0.1, 0.15) is 18.5 Å². The topological polar surface area (TPSA) is 84.9 Å². The number of nitrogens with zero attached hydrogens (tertiary/aromatic N) is 1. The number of carbonyl (C=O) groups excluding carboxylic acids is 1. The molecule has 10 heteroatoms. The first-order valence-corrected chi connectivity index (χ1v) is 10.6. The van der Waals surface area contributed by atoms with Gasteiger partial charge in [0.1, 0.15) is 19.8 Å². The van der Waals surface area contributed by atoms with Crippen LogP contribution >= 0.6 is 0 Å². The van der Waals surface area contributed by atoms with Crippen LogP contribution in [0.4, 0.5) is 14.5 Å². The zero-order valence-corrected chi connectivity index (χ0v) is 16.6. The van der Waals surface area contributed by atoms with Crippen LogP contribution in [-0.4, -0.2) is 40.3 Å². The molecule has 0 radical (unpaired) electrons. The molecule has 0 fully saturated rings. The van der Waals surface area contributed by atoms with Gasteiger partial charge in [0, 0.05) is 6.07 Å². The second-order valence-corrected chi connectivity index (χ2v) is 8.47. The Bertz CT molecular complexity index is 1030. The molecule has 0 bridgehead atoms. The first-order chi connectivity index (χ1) is 13.6. The SMILES string of the molecule is CC(NC(=O)CN(c1ccc(F)c(F)c1)S(C)(=O)=O)c1ccc2c(c1)OCCO2. The Morgan fingerprint density at radius 2 is 1.79 bits per heavy atom. The summed E-state index contributed by atoms with van der Waals surface area (Å²) in [5.74, 6) is -1.75. The van der Waals surface area contributed by atoms with Gasteiger partial charge in [0.05, 0.1) is 18.0 Å². The van der Waals surface area contributed by atoms with Crippen molar-refractivity contribution in [2.75, 3.05) is 30.3 Å². The fraction of sp³-hybridized carbons (Fsp3) is 0.316. The van der Waals surface area contributed by atoms with E-state index in [1.807, 2.05) is 0 Å². The molecule has 7 nitrogen and oxygen atoms in total. The number of sulfonamides is 1. The van der Waals surface area contributed by atoms with Gasteiger partial charge < -0.3 is 14.8 Å². The quantitative estimate of drug-likeness (QED) is 0.767. The molecule has 1 heterocycles. The lowest BCUT2D eigenvalue weighted by Gasteiger charge is -2.24. The largest absolute Gasteiger partial charge is 0.486 e. The highest BCUT2D eigenvalue weighted by atomic mass is 32.2. The van der Waals surface area contributed by atoms with E-state index in [4.69, 9.17) is 9.47 Å². The van der Waals surface area contributed by atoms with Gasteiger partial charge in [-0.05, 0) is 36.8 Å². The number of fused-ring (bicyclic) bond motifs is 1. The van der Waals surface area contributed by atoms with Crippen molar-refractivity contribution in [2.24, 2.45) is 0 Å². The molecule has 1 atom stereocenters. The predicted molar refractivity (Wildman–Crippen MR) is 103 cm³/mol. The number of carbonyl (C=O) groups is 1. The minimum absolute atomic E-state index is 0.145. The van der Waals surface area contributed by atoms with Crippen LogP contribution in [0.2, 0.25) is 0 Å². The fourth-order valence-electron chi connectivity index (χ4n) is 2.87. The molecule has 1 aliphatic heterocycles. The van der Waals surface area contributed by atoms with E-state index in [0.717, 1.165) is 30.0 Å². The van der Waals surface area contributed by atoms with Crippen LogP contribution in [0.5, 0.6) is 11.5 Å². The molecule has 2 aromatic carbocycles. The fourth-order valence-corrected chi connectivity index (χ4v) is 3.72. The lowest BCUT2D eigenvalue weighted by Crippen LogP contribution is -2.41. The molecule has 2 aromatic rings. The molecule has 1 aliphatic rings. The monoisotopic (exact) mass is 426 g/mol. The van der Waals surface area contributed by atoms with Crippen molar-refractivity contribution in [2.45, 2.75) is 13.0 Å². The second kappa shape index (κ2) is 8.24. The van der Waals surface area contributed by atoms with Crippen molar-refractivity contribution < 1.29 is 31.5 Å². The summed E-state index contributed by atoms with van der Waals surface area (Å²) in [6.45, 7) is 2.03. The van der Waals surface area contributed by atoms with Gasteiger partial charge in [0.25, 0.3) is 0 Å². The van der Waals surface area contributed by atoms with Crippen molar-refractivity contribution in [1.29, 1.82) is 0 Å². The maximum atomic E-state index is 13.5. The van der Waals surface area contributed by atoms with Crippen molar-refractivity contribution in [3.63, 3.8) is 0 Å². The molecule has 29 heavy (non-hydrogen) atoms. The zero-order valence-electron chi connectivity index (χ0n) is 15.8. The number of amides is 1. The van der Waals surface area contributed by atoms with Gasteiger partial charge in [-0.25, -0.2) is 17.2 Å². The van der Waals surface area contributed by atoms with Crippen LogP contribution < -0.4 is 19.1 Å². The summed E-state index contributed by atoms with van der Waals surface area (Å²) in [4.78, 5) is 12.5. The summed E-state index contributed by atoms with van der Waals surface area (Å²) in [5, 5.41) is 2.69. The number of rotatable bonds is 6. The van der Waals surface area contributed by atoms with Gasteiger partial charge in [0.2, 0.25) is 15.9 Å². The highest BCUT2D eigenvalue weighted by molar-refractivity contribution is 7.92. The molecule has 1 unspecified atom stereocenters. The van der Waals surface area contributed by atoms with Gasteiger partial charge in [-0.3, -0.25) is 9.10 Å². The average molecular weight is 426 g/mol. The van der Waals surface area contributed by atoms with Gasteiger partial charge in [-0.15, -0.1) is 0 Å². The highest BCUT2D eigenvalue weighted by Gasteiger charge is 2.23. The van der Waals surface area contributed by atoms with E-state index in [0.29, 0.717) is 29.0 Å². The van der Waals surface area contributed by atoms with Crippen LogP contribution in [-0.2, 0) is 14.8 Å². The van der Waals surface area contributed by atoms with E-state index in [-0.39, 0.29) is 5.69 Å². The van der Waals surface area contributed by atoms with E-state index < -0.39 is 40.2 Å². The Balaban J connectivity index is 1.74. The van der Waals surface area contributed by atoms with E-state index >= 15 is 0 Å². The minimum atomic E-state index is -3.91. The maximum Gasteiger partial charge on any atom is 0.241 e. The molecule has 1 amide bonds. The summed E-state index contributed by atoms with van der Waals surface area (Å²) >= 11 is 0. The van der Waals surface area contributed by atoms with Crippen molar-refractivity contribution in [3.8, 4) is 11.5 Å². The standard InChI is InChI=1S/C19H20F2N2O5S/c1-12(13-3-6-17-18(9-13)28-8-7-27-17)22-19(24)11-23(29(2,25)26)14-4-5-15(20)16(21)10-14/h3-6,9-10,12H,7-8,11H2,1-2H3,(H,22,24). The van der Waals surface area contributed by atoms with Crippen molar-refractivity contribution in [3.05, 3.63) is 53.6 Å². The molecular formula is C19H20F2N2O5S. The molecule has 156 valence electrons. The second-order valence-electron chi connectivity index (χ2n) is 6.56. The van der Waals surface area contributed by atoms with Gasteiger partial charge >= 0.3 is 0 Å². The Morgan fingerprint density at radius 3 is 2.45 bits per heavy atom. The Kier molecular flexibility index (Phi) is 5.92. The van der Waals surface area contributed by atoms with Crippen LogP contribution in [0.25, 0.3) is 0 Å². The summed E-state index contributed by atoms with van der Waals surface area (Å²) in [6, 6.07) is 7.41. The Labute approximate surface area is 167 Å². The van der Waals surface area contributed by atoms with Gasteiger partial charge in [-0.2, -0.15) is 0 Å². The van der Waals surface area contributed by atoms with Crippen LogP contribution in [0.15, 0.2) is 36.4 Å². The summed E-state index contributed by atoms with van der Waals surface area (Å²) < 4.78 is 62.5. The average Bonchev–Trinajstić information content (AvgIpc) is 2.67. The smallest absolute Gasteiger partial charge is 0.241 e. The number of benzene rings is 2. The summed E-state index contributed by atoms with van der Waals surface area (Å²) in [5.41, 5.74) is 0.592. The maximum absolute atomic E-state index is 13.5. The van der Waals surface area contributed by atoms with Gasteiger partial charge in [-0.1, -0.05) is 6.07 Å². The number of anilines is 1.